The zero-order chi connectivity index (χ0) is 15.7. The van der Waals surface area contributed by atoms with E-state index < -0.39 is 16.9 Å². The molecule has 0 bridgehead atoms. The monoisotopic (exact) mass is 296 g/mol. The minimum absolute atomic E-state index is 0.0838. The standard InChI is InChI=1S/C16H28N2O3/c1-11(2)15(8-9-17-10-15)13(19)18-16(14(20)21)6-4-12(3)5-7-16/h11-12,17H,4-10H2,1-3H3,(H,18,19)(H,20,21). The van der Waals surface area contributed by atoms with E-state index in [9.17, 15) is 14.7 Å². The zero-order valence-electron chi connectivity index (χ0n) is 13.4. The van der Waals surface area contributed by atoms with Gasteiger partial charge in [-0.15, -0.1) is 0 Å². The van der Waals surface area contributed by atoms with Crippen LogP contribution in [-0.4, -0.2) is 35.6 Å². The van der Waals surface area contributed by atoms with E-state index in [1.54, 1.807) is 0 Å². The Kier molecular flexibility index (Phi) is 4.61. The lowest BCUT2D eigenvalue weighted by Crippen LogP contribution is -2.60. The average molecular weight is 296 g/mol. The third kappa shape index (κ3) is 2.93. The van der Waals surface area contributed by atoms with Crippen LogP contribution in [0.25, 0.3) is 0 Å². The van der Waals surface area contributed by atoms with Crippen molar-refractivity contribution in [1.82, 2.24) is 10.6 Å². The Morgan fingerprint density at radius 1 is 1.24 bits per heavy atom. The lowest BCUT2D eigenvalue weighted by atomic mass is 9.72. The van der Waals surface area contributed by atoms with Crippen LogP contribution < -0.4 is 10.6 Å². The molecule has 3 N–H and O–H groups in total. The van der Waals surface area contributed by atoms with E-state index in [0.29, 0.717) is 25.3 Å². The molecule has 0 aromatic heterocycles. The van der Waals surface area contributed by atoms with E-state index in [4.69, 9.17) is 0 Å². The number of hydrogen-bond acceptors (Lipinski definition) is 3. The molecule has 0 radical (unpaired) electrons. The summed E-state index contributed by atoms with van der Waals surface area (Å²) in [5, 5.41) is 15.9. The van der Waals surface area contributed by atoms with Crippen LogP contribution in [0.5, 0.6) is 0 Å². The van der Waals surface area contributed by atoms with Gasteiger partial charge in [-0.2, -0.15) is 0 Å². The van der Waals surface area contributed by atoms with E-state index in [2.05, 4.69) is 17.6 Å². The number of carboxylic acids is 1. The first-order valence-corrected chi connectivity index (χ1v) is 8.09. The van der Waals surface area contributed by atoms with Gasteiger partial charge < -0.3 is 15.7 Å². The summed E-state index contributed by atoms with van der Waals surface area (Å²) in [6.07, 6.45) is 3.58. The van der Waals surface area contributed by atoms with Crippen LogP contribution in [0.2, 0.25) is 0 Å². The van der Waals surface area contributed by atoms with E-state index in [1.165, 1.54) is 0 Å². The molecule has 2 rings (SSSR count). The van der Waals surface area contributed by atoms with Crippen LogP contribution in [0.15, 0.2) is 0 Å². The Morgan fingerprint density at radius 3 is 2.29 bits per heavy atom. The quantitative estimate of drug-likeness (QED) is 0.739. The van der Waals surface area contributed by atoms with Gasteiger partial charge in [-0.3, -0.25) is 4.79 Å². The Labute approximate surface area is 126 Å². The van der Waals surface area contributed by atoms with Crippen molar-refractivity contribution in [3.8, 4) is 0 Å². The molecule has 21 heavy (non-hydrogen) atoms. The molecule has 1 aliphatic carbocycles. The van der Waals surface area contributed by atoms with Crippen LogP contribution in [0, 0.1) is 17.3 Å². The maximum Gasteiger partial charge on any atom is 0.329 e. The third-order valence-electron chi connectivity index (χ3n) is 5.64. The zero-order valence-corrected chi connectivity index (χ0v) is 13.4. The highest BCUT2D eigenvalue weighted by molar-refractivity contribution is 5.90. The van der Waals surface area contributed by atoms with E-state index in [1.807, 2.05) is 13.8 Å². The maximum atomic E-state index is 12.9. The van der Waals surface area contributed by atoms with Gasteiger partial charge in [0.25, 0.3) is 0 Å². The summed E-state index contributed by atoms with van der Waals surface area (Å²) in [7, 11) is 0. The first-order chi connectivity index (χ1) is 9.82. The summed E-state index contributed by atoms with van der Waals surface area (Å²) in [4.78, 5) is 24.6. The van der Waals surface area contributed by atoms with Crippen molar-refractivity contribution in [3.63, 3.8) is 0 Å². The number of carbonyl (C=O) groups is 2. The highest BCUT2D eigenvalue weighted by Crippen LogP contribution is 2.37. The predicted octanol–water partition coefficient (Wildman–Crippen LogP) is 1.77. The highest BCUT2D eigenvalue weighted by atomic mass is 16.4. The molecule has 1 atom stereocenters. The summed E-state index contributed by atoms with van der Waals surface area (Å²) < 4.78 is 0. The third-order valence-corrected chi connectivity index (χ3v) is 5.64. The van der Waals surface area contributed by atoms with Crippen LogP contribution >= 0.6 is 0 Å². The lowest BCUT2D eigenvalue weighted by molar-refractivity contribution is -0.152. The van der Waals surface area contributed by atoms with Gasteiger partial charge in [0.1, 0.15) is 5.54 Å². The van der Waals surface area contributed by atoms with Gasteiger partial charge in [0.05, 0.1) is 5.41 Å². The summed E-state index contributed by atoms with van der Waals surface area (Å²) in [6, 6.07) is 0. The summed E-state index contributed by atoms with van der Waals surface area (Å²) in [5.41, 5.74) is -1.53. The average Bonchev–Trinajstić information content (AvgIpc) is 2.92. The molecule has 2 aliphatic rings. The second-order valence-electron chi connectivity index (χ2n) is 7.26. The molecule has 1 saturated carbocycles. The summed E-state index contributed by atoms with van der Waals surface area (Å²) in [6.45, 7) is 7.70. The number of amides is 1. The SMILES string of the molecule is CC1CCC(NC(=O)C2(C(C)C)CCNC2)(C(=O)O)CC1. The van der Waals surface area contributed by atoms with Crippen molar-refractivity contribution >= 4 is 11.9 Å². The van der Waals surface area contributed by atoms with Gasteiger partial charge in [-0.05, 0) is 50.5 Å². The number of rotatable bonds is 4. The predicted molar refractivity (Wildman–Crippen MR) is 80.9 cm³/mol. The van der Waals surface area contributed by atoms with Crippen LogP contribution in [0.4, 0.5) is 0 Å². The number of carboxylic acid groups (broad SMARTS) is 1. The summed E-state index contributed by atoms with van der Waals surface area (Å²) >= 11 is 0. The van der Waals surface area contributed by atoms with E-state index in [-0.39, 0.29) is 11.8 Å². The van der Waals surface area contributed by atoms with Crippen molar-refractivity contribution in [3.05, 3.63) is 0 Å². The van der Waals surface area contributed by atoms with Crippen LogP contribution in [0.1, 0.15) is 52.9 Å². The fourth-order valence-electron chi connectivity index (χ4n) is 3.65. The minimum atomic E-state index is -1.06. The molecule has 1 saturated heterocycles. The van der Waals surface area contributed by atoms with Gasteiger partial charge in [0.15, 0.2) is 0 Å². The second-order valence-corrected chi connectivity index (χ2v) is 7.26. The fraction of sp³-hybridized carbons (Fsp3) is 0.875. The molecular formula is C16H28N2O3. The van der Waals surface area contributed by atoms with Crippen molar-refractivity contribution in [2.24, 2.45) is 17.3 Å². The molecule has 5 heteroatoms. The number of carbonyl (C=O) groups excluding carboxylic acids is 1. The topological polar surface area (TPSA) is 78.4 Å². The maximum absolute atomic E-state index is 12.9. The van der Waals surface area contributed by atoms with E-state index >= 15 is 0 Å². The lowest BCUT2D eigenvalue weighted by Gasteiger charge is -2.40. The smallest absolute Gasteiger partial charge is 0.329 e. The number of aliphatic carboxylic acids is 1. The van der Waals surface area contributed by atoms with Crippen molar-refractivity contribution in [2.75, 3.05) is 13.1 Å². The molecular weight excluding hydrogens is 268 g/mol. The largest absolute Gasteiger partial charge is 0.480 e. The van der Waals surface area contributed by atoms with Crippen molar-refractivity contribution < 1.29 is 14.7 Å². The van der Waals surface area contributed by atoms with Gasteiger partial charge in [-0.1, -0.05) is 20.8 Å². The Bertz CT molecular complexity index is 406. The van der Waals surface area contributed by atoms with Crippen LogP contribution in [0.3, 0.4) is 0 Å². The minimum Gasteiger partial charge on any atom is -0.480 e. The first kappa shape index (κ1) is 16.3. The molecule has 1 aliphatic heterocycles. The molecule has 120 valence electrons. The molecule has 1 unspecified atom stereocenters. The van der Waals surface area contributed by atoms with Gasteiger partial charge in [0, 0.05) is 6.54 Å². The summed E-state index contributed by atoms with van der Waals surface area (Å²) in [5.74, 6) is -0.227. The van der Waals surface area contributed by atoms with E-state index in [0.717, 1.165) is 25.8 Å². The molecule has 0 spiro atoms. The Hall–Kier alpha value is -1.10. The highest BCUT2D eigenvalue weighted by Gasteiger charge is 2.49. The Morgan fingerprint density at radius 2 is 1.86 bits per heavy atom. The van der Waals surface area contributed by atoms with Crippen LogP contribution in [-0.2, 0) is 9.59 Å². The van der Waals surface area contributed by atoms with Gasteiger partial charge in [0.2, 0.25) is 5.91 Å². The van der Waals surface area contributed by atoms with Crippen molar-refractivity contribution in [2.45, 2.75) is 58.4 Å². The molecule has 0 aromatic rings. The molecule has 1 amide bonds. The molecule has 0 aromatic carbocycles. The normalized spacial score (nSPS) is 36.7. The number of hydrogen-bond donors (Lipinski definition) is 3. The molecule has 5 nitrogen and oxygen atoms in total. The second kappa shape index (κ2) is 5.95. The first-order valence-electron chi connectivity index (χ1n) is 8.09. The van der Waals surface area contributed by atoms with Gasteiger partial charge >= 0.3 is 5.97 Å². The molecule has 2 fully saturated rings. The molecule has 1 heterocycles. The number of nitrogens with one attached hydrogen (secondary N) is 2. The Balaban J connectivity index is 2.17. The fourth-order valence-corrected chi connectivity index (χ4v) is 3.65. The van der Waals surface area contributed by atoms with Crippen molar-refractivity contribution in [1.29, 1.82) is 0 Å². The van der Waals surface area contributed by atoms with Gasteiger partial charge in [-0.25, -0.2) is 4.79 Å².